The molecule has 4 aromatic rings. The van der Waals surface area contributed by atoms with Crippen molar-refractivity contribution in [1.29, 1.82) is 0 Å². The van der Waals surface area contributed by atoms with Crippen molar-refractivity contribution in [3.63, 3.8) is 0 Å². The number of carbonyl (C=O) groups is 1. The molecule has 1 fully saturated rings. The van der Waals surface area contributed by atoms with Gasteiger partial charge >= 0.3 is 0 Å². The summed E-state index contributed by atoms with van der Waals surface area (Å²) in [5, 5.41) is 1.90. The fraction of sp³-hybridized carbons (Fsp3) is 0.217. The molecule has 1 unspecified atom stereocenters. The molecule has 1 aliphatic heterocycles. The Balaban J connectivity index is 1.38. The average Bonchev–Trinajstić information content (AvgIpc) is 3.57. The van der Waals surface area contributed by atoms with Gasteiger partial charge in [-0.05, 0) is 54.6 Å². The van der Waals surface area contributed by atoms with E-state index in [0.29, 0.717) is 12.1 Å². The summed E-state index contributed by atoms with van der Waals surface area (Å²) in [6.45, 7) is 0.826. The van der Waals surface area contributed by atoms with Gasteiger partial charge in [0.25, 0.3) is 5.91 Å². The van der Waals surface area contributed by atoms with Gasteiger partial charge in [-0.1, -0.05) is 24.3 Å². The number of aromatic amines is 1. The first kappa shape index (κ1) is 20.9. The van der Waals surface area contributed by atoms with Gasteiger partial charge in [0.15, 0.2) is 0 Å². The third-order valence-electron chi connectivity index (χ3n) is 5.64. The summed E-state index contributed by atoms with van der Waals surface area (Å²) in [5.74, 6) is 0.571. The molecule has 164 valence electrons. The van der Waals surface area contributed by atoms with Crippen LogP contribution in [0.1, 0.15) is 39.9 Å². The van der Waals surface area contributed by atoms with Gasteiger partial charge in [0.2, 0.25) is 10.0 Å². The van der Waals surface area contributed by atoms with E-state index >= 15 is 0 Å². The molecule has 32 heavy (non-hydrogen) atoms. The summed E-state index contributed by atoms with van der Waals surface area (Å²) in [7, 11) is -3.73. The number of likely N-dealkylation sites (tertiary alicyclic amines) is 1. The van der Waals surface area contributed by atoms with Crippen LogP contribution in [0.25, 0.3) is 11.0 Å². The topological polar surface area (TPSA) is 95.2 Å². The fourth-order valence-corrected chi connectivity index (χ4v) is 5.84. The summed E-state index contributed by atoms with van der Waals surface area (Å²) in [4.78, 5) is 24.1. The molecule has 2 N–H and O–H groups in total. The molecule has 0 bridgehead atoms. The van der Waals surface area contributed by atoms with Crippen molar-refractivity contribution in [2.45, 2.75) is 30.3 Å². The molecule has 1 atom stereocenters. The van der Waals surface area contributed by atoms with E-state index in [2.05, 4.69) is 14.7 Å². The molecule has 1 saturated heterocycles. The number of carbonyl (C=O) groups excluding carboxylic acids is 1. The SMILES string of the molecule is O=C(c1cccc(S(=O)(=O)NCc2cccs2)c1)N1CCCC1c1nc2ccccc2[nH]1. The van der Waals surface area contributed by atoms with E-state index in [1.807, 2.05) is 41.8 Å². The number of hydrogen-bond acceptors (Lipinski definition) is 5. The van der Waals surface area contributed by atoms with E-state index in [0.717, 1.165) is 34.6 Å². The predicted molar refractivity (Wildman–Crippen MR) is 124 cm³/mol. The zero-order valence-electron chi connectivity index (χ0n) is 17.2. The molecular formula is C23H22N4O3S2. The van der Waals surface area contributed by atoms with Crippen LogP contribution in [0.2, 0.25) is 0 Å². The van der Waals surface area contributed by atoms with E-state index < -0.39 is 10.0 Å². The van der Waals surface area contributed by atoms with Crippen molar-refractivity contribution in [2.75, 3.05) is 6.54 Å². The van der Waals surface area contributed by atoms with E-state index in [-0.39, 0.29) is 23.4 Å². The standard InChI is InChI=1S/C23H22N4O3S2/c28-23(27-12-4-11-21(27)22-25-19-9-1-2-10-20(19)26-22)16-6-3-8-18(14-16)32(29,30)24-15-17-7-5-13-31-17/h1-3,5-10,13-14,21,24H,4,11-12,15H2,(H,25,26). The number of nitrogens with zero attached hydrogens (tertiary/aromatic N) is 2. The van der Waals surface area contributed by atoms with E-state index in [1.165, 1.54) is 23.5 Å². The molecule has 0 radical (unpaired) electrons. The van der Waals surface area contributed by atoms with Gasteiger partial charge in [-0.2, -0.15) is 0 Å². The Labute approximate surface area is 190 Å². The van der Waals surface area contributed by atoms with Crippen molar-refractivity contribution in [3.8, 4) is 0 Å². The highest BCUT2D eigenvalue weighted by Crippen LogP contribution is 2.33. The van der Waals surface area contributed by atoms with Crippen molar-refractivity contribution in [1.82, 2.24) is 19.6 Å². The minimum Gasteiger partial charge on any atom is -0.340 e. The molecule has 2 aromatic carbocycles. The molecule has 9 heteroatoms. The summed E-state index contributed by atoms with van der Waals surface area (Å²) in [6.07, 6.45) is 1.68. The van der Waals surface area contributed by atoms with Gasteiger partial charge in [0, 0.05) is 23.5 Å². The van der Waals surface area contributed by atoms with Gasteiger partial charge in [0.1, 0.15) is 5.82 Å². The second kappa shape index (κ2) is 8.50. The van der Waals surface area contributed by atoms with Gasteiger partial charge in [-0.25, -0.2) is 18.1 Å². The van der Waals surface area contributed by atoms with Crippen LogP contribution in [0.3, 0.4) is 0 Å². The Morgan fingerprint density at radius 1 is 1.16 bits per heavy atom. The number of rotatable bonds is 6. The number of para-hydroxylation sites is 2. The van der Waals surface area contributed by atoms with Crippen LogP contribution < -0.4 is 4.72 Å². The molecule has 7 nitrogen and oxygen atoms in total. The zero-order valence-corrected chi connectivity index (χ0v) is 18.8. The summed E-state index contributed by atoms with van der Waals surface area (Å²) in [6, 6.07) is 17.6. The van der Waals surface area contributed by atoms with Crippen LogP contribution >= 0.6 is 11.3 Å². The molecule has 1 amide bonds. The quantitative estimate of drug-likeness (QED) is 0.448. The predicted octanol–water partition coefficient (Wildman–Crippen LogP) is 4.08. The number of hydrogen-bond donors (Lipinski definition) is 2. The first-order valence-corrected chi connectivity index (χ1v) is 12.8. The number of benzene rings is 2. The number of fused-ring (bicyclic) bond motifs is 1. The van der Waals surface area contributed by atoms with Crippen LogP contribution in [-0.2, 0) is 16.6 Å². The number of H-pyrrole nitrogens is 1. The number of amides is 1. The summed E-state index contributed by atoms with van der Waals surface area (Å²) >= 11 is 1.49. The molecule has 0 spiro atoms. The lowest BCUT2D eigenvalue weighted by Crippen LogP contribution is -2.31. The zero-order chi connectivity index (χ0) is 22.1. The number of imidazole rings is 1. The number of sulfonamides is 1. The van der Waals surface area contributed by atoms with Crippen molar-refractivity contribution in [3.05, 3.63) is 82.3 Å². The smallest absolute Gasteiger partial charge is 0.254 e. The minimum absolute atomic E-state index is 0.0828. The van der Waals surface area contributed by atoms with Crippen LogP contribution in [0, 0.1) is 0 Å². The van der Waals surface area contributed by atoms with Crippen LogP contribution in [0.4, 0.5) is 0 Å². The molecule has 3 heterocycles. The first-order chi connectivity index (χ1) is 15.5. The fourth-order valence-electron chi connectivity index (χ4n) is 4.05. The Kier molecular flexibility index (Phi) is 5.54. The summed E-state index contributed by atoms with van der Waals surface area (Å²) in [5.41, 5.74) is 2.16. The Morgan fingerprint density at radius 2 is 2.03 bits per heavy atom. The van der Waals surface area contributed by atoms with Gasteiger partial charge < -0.3 is 9.88 Å². The monoisotopic (exact) mass is 466 g/mol. The van der Waals surface area contributed by atoms with Gasteiger partial charge in [-0.15, -0.1) is 11.3 Å². The molecule has 0 aliphatic carbocycles. The van der Waals surface area contributed by atoms with Crippen molar-refractivity contribution in [2.24, 2.45) is 0 Å². The van der Waals surface area contributed by atoms with Crippen molar-refractivity contribution < 1.29 is 13.2 Å². The Hall–Kier alpha value is -3.01. The first-order valence-electron chi connectivity index (χ1n) is 10.4. The van der Waals surface area contributed by atoms with Crippen LogP contribution in [0.15, 0.2) is 70.9 Å². The summed E-state index contributed by atoms with van der Waals surface area (Å²) < 4.78 is 28.1. The Bertz CT molecular complexity index is 1330. The maximum Gasteiger partial charge on any atom is 0.254 e. The molecule has 5 rings (SSSR count). The maximum atomic E-state index is 13.3. The molecule has 0 saturated carbocycles. The molecule has 1 aliphatic rings. The number of thiophene rings is 1. The highest BCUT2D eigenvalue weighted by atomic mass is 32.2. The number of nitrogens with one attached hydrogen (secondary N) is 2. The lowest BCUT2D eigenvalue weighted by molar-refractivity contribution is 0.0730. The normalized spacial score (nSPS) is 16.6. The third kappa shape index (κ3) is 4.06. The van der Waals surface area contributed by atoms with Crippen LogP contribution in [0.5, 0.6) is 0 Å². The van der Waals surface area contributed by atoms with Gasteiger partial charge in [-0.3, -0.25) is 4.79 Å². The van der Waals surface area contributed by atoms with Crippen molar-refractivity contribution >= 4 is 38.3 Å². The average molecular weight is 467 g/mol. The van der Waals surface area contributed by atoms with E-state index in [9.17, 15) is 13.2 Å². The Morgan fingerprint density at radius 3 is 2.84 bits per heavy atom. The highest BCUT2D eigenvalue weighted by Gasteiger charge is 2.33. The van der Waals surface area contributed by atoms with E-state index in [1.54, 1.807) is 17.0 Å². The molecular weight excluding hydrogens is 444 g/mol. The maximum absolute atomic E-state index is 13.3. The lowest BCUT2D eigenvalue weighted by atomic mass is 10.1. The lowest BCUT2D eigenvalue weighted by Gasteiger charge is -2.23. The van der Waals surface area contributed by atoms with E-state index in [4.69, 9.17) is 0 Å². The highest BCUT2D eigenvalue weighted by molar-refractivity contribution is 7.89. The van der Waals surface area contributed by atoms with Gasteiger partial charge in [0.05, 0.1) is 22.0 Å². The number of aromatic nitrogens is 2. The third-order valence-corrected chi connectivity index (χ3v) is 7.92. The second-order valence-corrected chi connectivity index (χ2v) is 10.5. The second-order valence-electron chi connectivity index (χ2n) is 7.73. The minimum atomic E-state index is -3.73. The van der Waals surface area contributed by atoms with Crippen LogP contribution in [-0.4, -0.2) is 35.7 Å². The largest absolute Gasteiger partial charge is 0.340 e. The molecule has 2 aromatic heterocycles.